The molecule has 2 unspecified atom stereocenters. The number of allylic oxidation sites excluding steroid dienone is 2. The maximum absolute atomic E-state index is 13.2. The van der Waals surface area contributed by atoms with Gasteiger partial charge >= 0.3 is 6.03 Å². The number of fused-ring (bicyclic) bond motifs is 3. The zero-order valence-corrected chi connectivity index (χ0v) is 16.8. The van der Waals surface area contributed by atoms with Crippen LogP contribution in [0.5, 0.6) is 0 Å². The molecule has 3 aliphatic heterocycles. The Kier molecular flexibility index (Phi) is 4.38. The van der Waals surface area contributed by atoms with E-state index in [2.05, 4.69) is 11.0 Å². The van der Waals surface area contributed by atoms with Crippen molar-refractivity contribution in [3.8, 4) is 0 Å². The first kappa shape index (κ1) is 18.5. The fraction of sp³-hybridized carbons (Fsp3) is 0.450. The third kappa shape index (κ3) is 2.51. The SMILES string of the molecule is COCCN1C(=O)C2C(N=C3N(c4cccc(C)c4)C(C)=C(C)N32)N(C)C1=O. The molecule has 1 aromatic rings. The molecule has 0 radical (unpaired) electrons. The summed E-state index contributed by atoms with van der Waals surface area (Å²) < 4.78 is 5.07. The molecule has 1 aromatic carbocycles. The van der Waals surface area contributed by atoms with Crippen molar-refractivity contribution in [3.63, 3.8) is 0 Å². The highest BCUT2D eigenvalue weighted by Crippen LogP contribution is 2.39. The van der Waals surface area contributed by atoms with Crippen LogP contribution in [0.25, 0.3) is 0 Å². The number of methoxy groups -OCH3 is 1. The number of guanidine groups is 1. The molecule has 3 heterocycles. The molecule has 0 aliphatic carbocycles. The lowest BCUT2D eigenvalue weighted by Gasteiger charge is -2.40. The second-order valence-electron chi connectivity index (χ2n) is 7.38. The molecule has 0 bridgehead atoms. The molecule has 1 fully saturated rings. The average molecular weight is 383 g/mol. The summed E-state index contributed by atoms with van der Waals surface area (Å²) in [5.41, 5.74) is 4.13. The monoisotopic (exact) mass is 383 g/mol. The van der Waals surface area contributed by atoms with Gasteiger partial charge in [-0.05, 0) is 38.5 Å². The fourth-order valence-electron chi connectivity index (χ4n) is 4.08. The maximum Gasteiger partial charge on any atom is 0.328 e. The summed E-state index contributed by atoms with van der Waals surface area (Å²) in [6, 6.07) is 7.27. The van der Waals surface area contributed by atoms with Crippen LogP contribution in [0.15, 0.2) is 40.7 Å². The third-order valence-electron chi connectivity index (χ3n) is 5.67. The van der Waals surface area contributed by atoms with Gasteiger partial charge in [0.2, 0.25) is 5.96 Å². The zero-order chi connectivity index (χ0) is 20.2. The summed E-state index contributed by atoms with van der Waals surface area (Å²) in [6.45, 7) is 6.60. The molecule has 1 saturated heterocycles. The highest BCUT2D eigenvalue weighted by molar-refractivity contribution is 6.10. The normalized spacial score (nSPS) is 24.2. The lowest BCUT2D eigenvalue weighted by atomic mass is 10.1. The first-order valence-corrected chi connectivity index (χ1v) is 9.35. The Morgan fingerprint density at radius 1 is 1.14 bits per heavy atom. The van der Waals surface area contributed by atoms with Crippen LogP contribution in [0.2, 0.25) is 0 Å². The number of rotatable bonds is 4. The van der Waals surface area contributed by atoms with Crippen LogP contribution in [0.1, 0.15) is 19.4 Å². The smallest absolute Gasteiger partial charge is 0.328 e. The maximum atomic E-state index is 13.2. The second-order valence-corrected chi connectivity index (χ2v) is 7.38. The molecule has 8 heteroatoms. The van der Waals surface area contributed by atoms with Crippen molar-refractivity contribution in [2.24, 2.45) is 4.99 Å². The molecule has 148 valence electrons. The number of carbonyl (C=O) groups is 2. The standard InChI is InChI=1S/C20H25N5O3/c1-12-7-6-8-15(11-12)24-13(2)14(3)25-16-17(21-19(24)25)22(4)20(27)23(18(16)26)9-10-28-5/h6-8,11,16-17H,9-10H2,1-5H3. The summed E-state index contributed by atoms with van der Waals surface area (Å²) in [4.78, 5) is 37.6. The molecule has 28 heavy (non-hydrogen) atoms. The van der Waals surface area contributed by atoms with Gasteiger partial charge in [-0.1, -0.05) is 12.1 Å². The summed E-state index contributed by atoms with van der Waals surface area (Å²) in [6.07, 6.45) is -0.538. The van der Waals surface area contributed by atoms with Crippen molar-refractivity contribution in [1.29, 1.82) is 0 Å². The Bertz CT molecular complexity index is 909. The van der Waals surface area contributed by atoms with Crippen LogP contribution < -0.4 is 4.90 Å². The number of ether oxygens (including phenoxy) is 1. The molecule has 8 nitrogen and oxygen atoms in total. The van der Waals surface area contributed by atoms with Gasteiger partial charge < -0.3 is 9.64 Å². The molecule has 3 aliphatic rings. The molecular weight excluding hydrogens is 358 g/mol. The summed E-state index contributed by atoms with van der Waals surface area (Å²) in [5.74, 6) is 0.458. The van der Waals surface area contributed by atoms with Crippen LogP contribution >= 0.6 is 0 Å². The largest absolute Gasteiger partial charge is 0.383 e. The first-order valence-electron chi connectivity index (χ1n) is 9.35. The van der Waals surface area contributed by atoms with Gasteiger partial charge in [-0.15, -0.1) is 0 Å². The fourth-order valence-corrected chi connectivity index (χ4v) is 4.08. The van der Waals surface area contributed by atoms with Crippen molar-refractivity contribution in [1.82, 2.24) is 14.7 Å². The zero-order valence-electron chi connectivity index (χ0n) is 16.8. The average Bonchev–Trinajstić information content (AvgIpc) is 3.16. The van der Waals surface area contributed by atoms with E-state index in [9.17, 15) is 9.59 Å². The molecule has 4 rings (SSSR count). The minimum absolute atomic E-state index is 0.230. The predicted molar refractivity (Wildman–Crippen MR) is 106 cm³/mol. The molecular formula is C20H25N5O3. The van der Waals surface area contributed by atoms with E-state index in [-0.39, 0.29) is 18.5 Å². The Morgan fingerprint density at radius 3 is 2.57 bits per heavy atom. The lowest BCUT2D eigenvalue weighted by molar-refractivity contribution is -0.137. The van der Waals surface area contributed by atoms with E-state index in [1.807, 2.05) is 43.9 Å². The summed E-state index contributed by atoms with van der Waals surface area (Å²) in [7, 11) is 3.25. The van der Waals surface area contributed by atoms with Crippen molar-refractivity contribution in [2.75, 3.05) is 32.2 Å². The Morgan fingerprint density at radius 2 is 1.89 bits per heavy atom. The second kappa shape index (κ2) is 6.63. The van der Waals surface area contributed by atoms with Gasteiger partial charge in [0.05, 0.1) is 13.2 Å². The van der Waals surface area contributed by atoms with Gasteiger partial charge in [0.1, 0.15) is 0 Å². The number of hydrogen-bond donors (Lipinski definition) is 0. The number of amides is 3. The van der Waals surface area contributed by atoms with Crippen LogP contribution in [0, 0.1) is 6.92 Å². The summed E-state index contributed by atoms with van der Waals surface area (Å²) in [5, 5.41) is 0. The Balaban J connectivity index is 1.75. The molecule has 0 saturated carbocycles. The van der Waals surface area contributed by atoms with E-state index in [0.717, 1.165) is 22.6 Å². The quantitative estimate of drug-likeness (QED) is 0.795. The van der Waals surface area contributed by atoms with E-state index in [1.54, 1.807) is 19.1 Å². The third-order valence-corrected chi connectivity index (χ3v) is 5.67. The minimum Gasteiger partial charge on any atom is -0.383 e. The van der Waals surface area contributed by atoms with Gasteiger partial charge in [-0.3, -0.25) is 19.5 Å². The molecule has 0 spiro atoms. The summed E-state index contributed by atoms with van der Waals surface area (Å²) >= 11 is 0. The van der Waals surface area contributed by atoms with Gasteiger partial charge in [-0.2, -0.15) is 0 Å². The van der Waals surface area contributed by atoms with Crippen LogP contribution in [0.4, 0.5) is 10.5 Å². The number of aryl methyl sites for hydroxylation is 1. The van der Waals surface area contributed by atoms with E-state index in [0.29, 0.717) is 12.6 Å². The van der Waals surface area contributed by atoms with Crippen molar-refractivity contribution < 1.29 is 14.3 Å². The molecule has 3 amide bonds. The van der Waals surface area contributed by atoms with Crippen LogP contribution in [-0.2, 0) is 9.53 Å². The number of anilines is 1. The highest BCUT2D eigenvalue weighted by atomic mass is 16.5. The van der Waals surface area contributed by atoms with E-state index in [4.69, 9.17) is 9.73 Å². The topological polar surface area (TPSA) is 68.7 Å². The van der Waals surface area contributed by atoms with Crippen LogP contribution in [-0.4, -0.2) is 72.1 Å². The number of likely N-dealkylation sites (N-methyl/N-ethyl adjacent to an activating group) is 1. The predicted octanol–water partition coefficient (Wildman–Crippen LogP) is 1.97. The Labute approximate surface area is 164 Å². The number of urea groups is 1. The van der Waals surface area contributed by atoms with Gasteiger partial charge in [-0.25, -0.2) is 9.79 Å². The number of imide groups is 1. The van der Waals surface area contributed by atoms with E-state index in [1.165, 1.54) is 4.90 Å². The van der Waals surface area contributed by atoms with Gasteiger partial charge in [0.15, 0.2) is 12.2 Å². The first-order chi connectivity index (χ1) is 13.4. The molecule has 0 aromatic heterocycles. The van der Waals surface area contributed by atoms with Crippen LogP contribution in [0.3, 0.4) is 0 Å². The Hall–Kier alpha value is -2.87. The van der Waals surface area contributed by atoms with Crippen molar-refractivity contribution in [2.45, 2.75) is 33.0 Å². The van der Waals surface area contributed by atoms with Gasteiger partial charge in [0, 0.05) is 31.2 Å². The molecule has 0 N–H and O–H groups in total. The number of aliphatic imine (C=N–C) groups is 1. The van der Waals surface area contributed by atoms with E-state index < -0.39 is 12.2 Å². The van der Waals surface area contributed by atoms with E-state index >= 15 is 0 Å². The number of hydrogen-bond acceptors (Lipinski definition) is 6. The minimum atomic E-state index is -0.556. The highest BCUT2D eigenvalue weighted by Gasteiger charge is 2.55. The van der Waals surface area contributed by atoms with Crippen molar-refractivity contribution in [3.05, 3.63) is 41.2 Å². The number of carbonyl (C=O) groups excluding carboxylic acids is 2. The number of nitrogens with zero attached hydrogens (tertiary/aromatic N) is 5. The lowest BCUT2D eigenvalue weighted by Crippen LogP contribution is -2.65. The molecule has 2 atom stereocenters. The number of benzene rings is 1. The van der Waals surface area contributed by atoms with Gasteiger partial charge in [0.25, 0.3) is 5.91 Å². The van der Waals surface area contributed by atoms with Crippen molar-refractivity contribution >= 4 is 23.6 Å².